The molecule has 0 saturated heterocycles. The first-order valence-corrected chi connectivity index (χ1v) is 7.45. The van der Waals surface area contributed by atoms with Crippen LogP contribution in [0.1, 0.15) is 12.2 Å². The number of carbonyl (C=O) groups excluding carboxylic acids is 1. The average Bonchev–Trinajstić information content (AvgIpc) is 2.74. The summed E-state index contributed by atoms with van der Waals surface area (Å²) in [6, 6.07) is 2.84. The summed E-state index contributed by atoms with van der Waals surface area (Å²) in [7, 11) is 3.42. The molecule has 0 atom stereocenters. The summed E-state index contributed by atoms with van der Waals surface area (Å²) in [6.07, 6.45) is 0.883. The Kier molecular flexibility index (Phi) is 5.06. The molecule has 0 radical (unpaired) electrons. The quantitative estimate of drug-likeness (QED) is 0.789. The Balaban J connectivity index is 2.40. The number of hydrogen-bond donors (Lipinski definition) is 0. The van der Waals surface area contributed by atoms with Gasteiger partial charge in [-0.1, -0.05) is 11.6 Å². The second-order valence-corrected chi connectivity index (χ2v) is 5.70. The number of benzene rings is 1. The Morgan fingerprint density at radius 2 is 2.14 bits per heavy atom. The summed E-state index contributed by atoms with van der Waals surface area (Å²) in [5, 5.41) is 0.0417. The molecule has 7 heteroatoms. The third-order valence-corrected chi connectivity index (χ3v) is 3.71. The molecule has 0 fully saturated rings. The van der Waals surface area contributed by atoms with E-state index in [1.165, 1.54) is 17.0 Å². The third kappa shape index (κ3) is 3.47. The lowest BCUT2D eigenvalue weighted by Gasteiger charge is -2.12. The zero-order chi connectivity index (χ0) is 15.6. The Hall–Kier alpha value is -1.33. The molecule has 0 aliphatic carbocycles. The van der Waals surface area contributed by atoms with Crippen molar-refractivity contribution in [3.63, 3.8) is 0 Å². The van der Waals surface area contributed by atoms with Crippen molar-refractivity contribution in [2.75, 3.05) is 20.0 Å². The van der Waals surface area contributed by atoms with Crippen LogP contribution in [0.5, 0.6) is 0 Å². The molecule has 0 aliphatic rings. The number of carbonyl (C=O) groups is 1. The zero-order valence-electron chi connectivity index (χ0n) is 11.9. The number of aromatic nitrogens is 2. The summed E-state index contributed by atoms with van der Waals surface area (Å²) in [4.78, 5) is 17.7. The van der Waals surface area contributed by atoms with Crippen molar-refractivity contribution in [2.45, 2.75) is 19.4 Å². The van der Waals surface area contributed by atoms with Gasteiger partial charge in [-0.25, -0.2) is 9.37 Å². The number of halogens is 3. The third-order valence-electron chi connectivity index (χ3n) is 3.24. The monoisotopic (exact) mass is 331 g/mol. The van der Waals surface area contributed by atoms with Gasteiger partial charge in [-0.05, 0) is 6.07 Å². The first-order chi connectivity index (χ1) is 9.93. The van der Waals surface area contributed by atoms with Gasteiger partial charge in [-0.2, -0.15) is 0 Å². The molecule has 2 aromatic rings. The van der Waals surface area contributed by atoms with Crippen molar-refractivity contribution in [2.24, 2.45) is 0 Å². The summed E-state index contributed by atoms with van der Waals surface area (Å²) < 4.78 is 15.4. The van der Waals surface area contributed by atoms with Gasteiger partial charge >= 0.3 is 0 Å². The van der Waals surface area contributed by atoms with Gasteiger partial charge in [0.2, 0.25) is 5.91 Å². The van der Waals surface area contributed by atoms with Crippen LogP contribution in [0.3, 0.4) is 0 Å². The minimum atomic E-state index is -0.504. The number of hydrogen-bond acceptors (Lipinski definition) is 2. The van der Waals surface area contributed by atoms with Crippen molar-refractivity contribution in [3.05, 3.63) is 28.8 Å². The minimum absolute atomic E-state index is 0.0156. The van der Waals surface area contributed by atoms with E-state index in [1.54, 1.807) is 14.1 Å². The lowest BCUT2D eigenvalue weighted by Crippen LogP contribution is -2.23. The Labute approximate surface area is 132 Å². The minimum Gasteiger partial charge on any atom is -0.349 e. The molecule has 0 saturated carbocycles. The summed E-state index contributed by atoms with van der Waals surface area (Å²) >= 11 is 11.6. The molecule has 0 N–H and O–H groups in total. The predicted octanol–water partition coefficient (Wildman–Crippen LogP) is 3.09. The van der Waals surface area contributed by atoms with Crippen LogP contribution in [0.4, 0.5) is 4.39 Å². The summed E-state index contributed by atoms with van der Waals surface area (Å²) in [6.45, 7) is 0.460. The fourth-order valence-electron chi connectivity index (χ4n) is 2.13. The molecule has 21 heavy (non-hydrogen) atoms. The first kappa shape index (κ1) is 16.0. The standard InChI is InChI=1S/C14H16Cl2FN3O/c1-19(2)14(21)4-6-20-12-7-9(16)10(17)8-11(12)18-13(20)3-5-15/h7-8H,3-6H2,1-2H3. The van der Waals surface area contributed by atoms with Gasteiger partial charge in [0.25, 0.3) is 0 Å². The van der Waals surface area contributed by atoms with Gasteiger partial charge in [0.05, 0.1) is 16.1 Å². The molecule has 1 aromatic heterocycles. The van der Waals surface area contributed by atoms with E-state index in [0.29, 0.717) is 36.3 Å². The van der Waals surface area contributed by atoms with Crippen molar-refractivity contribution in [1.29, 1.82) is 0 Å². The molecule has 2 rings (SSSR count). The number of aryl methyl sites for hydroxylation is 2. The van der Waals surface area contributed by atoms with E-state index in [0.717, 1.165) is 5.82 Å². The summed E-state index contributed by atoms with van der Waals surface area (Å²) in [5.74, 6) is 0.645. The molecule has 4 nitrogen and oxygen atoms in total. The Bertz CT molecular complexity index is 670. The maximum Gasteiger partial charge on any atom is 0.223 e. The Morgan fingerprint density at radius 3 is 2.76 bits per heavy atom. The second-order valence-electron chi connectivity index (χ2n) is 4.91. The highest BCUT2D eigenvalue weighted by atomic mass is 35.5. The number of amides is 1. The maximum atomic E-state index is 13.5. The van der Waals surface area contributed by atoms with Crippen molar-refractivity contribution >= 4 is 40.1 Å². The molecule has 0 bridgehead atoms. The van der Waals surface area contributed by atoms with Crippen molar-refractivity contribution in [1.82, 2.24) is 14.5 Å². The summed E-state index contributed by atoms with van der Waals surface area (Å²) in [5.41, 5.74) is 1.24. The molecule has 0 aliphatic heterocycles. The SMILES string of the molecule is CN(C)C(=O)CCn1c(CCCl)nc2cc(F)c(Cl)cc21. The number of alkyl halides is 1. The van der Waals surface area contributed by atoms with Crippen LogP contribution in [0.2, 0.25) is 5.02 Å². The highest BCUT2D eigenvalue weighted by Crippen LogP contribution is 2.24. The van der Waals surface area contributed by atoms with E-state index in [4.69, 9.17) is 23.2 Å². The number of imidazole rings is 1. The molecule has 1 amide bonds. The van der Waals surface area contributed by atoms with E-state index in [9.17, 15) is 9.18 Å². The van der Waals surface area contributed by atoms with E-state index in [-0.39, 0.29) is 10.9 Å². The van der Waals surface area contributed by atoms with E-state index < -0.39 is 5.82 Å². The number of rotatable bonds is 5. The van der Waals surface area contributed by atoms with Gasteiger partial charge in [-0.15, -0.1) is 11.6 Å². The average molecular weight is 332 g/mol. The molecule has 0 unspecified atom stereocenters. The smallest absolute Gasteiger partial charge is 0.223 e. The topological polar surface area (TPSA) is 38.1 Å². The zero-order valence-corrected chi connectivity index (χ0v) is 13.4. The lowest BCUT2D eigenvalue weighted by atomic mass is 10.3. The lowest BCUT2D eigenvalue weighted by molar-refractivity contribution is -0.128. The fourth-order valence-corrected chi connectivity index (χ4v) is 2.45. The fraction of sp³-hybridized carbons (Fsp3) is 0.429. The molecule has 1 heterocycles. The van der Waals surface area contributed by atoms with Crippen LogP contribution in [-0.2, 0) is 17.8 Å². The van der Waals surface area contributed by atoms with Crippen LogP contribution in [-0.4, -0.2) is 40.3 Å². The highest BCUT2D eigenvalue weighted by molar-refractivity contribution is 6.31. The van der Waals surface area contributed by atoms with E-state index >= 15 is 0 Å². The van der Waals surface area contributed by atoms with Gasteiger partial charge in [0.1, 0.15) is 11.6 Å². The van der Waals surface area contributed by atoms with Crippen molar-refractivity contribution < 1.29 is 9.18 Å². The van der Waals surface area contributed by atoms with Crippen LogP contribution in [0.15, 0.2) is 12.1 Å². The largest absolute Gasteiger partial charge is 0.349 e. The highest BCUT2D eigenvalue weighted by Gasteiger charge is 2.15. The molecular formula is C14H16Cl2FN3O. The predicted molar refractivity (Wildman–Crippen MR) is 82.4 cm³/mol. The number of fused-ring (bicyclic) bond motifs is 1. The van der Waals surface area contributed by atoms with E-state index in [2.05, 4.69) is 4.98 Å². The maximum absolute atomic E-state index is 13.5. The van der Waals surface area contributed by atoms with Gasteiger partial charge in [0.15, 0.2) is 0 Å². The van der Waals surface area contributed by atoms with Crippen molar-refractivity contribution in [3.8, 4) is 0 Å². The van der Waals surface area contributed by atoms with Crippen LogP contribution < -0.4 is 0 Å². The van der Waals surface area contributed by atoms with Crippen LogP contribution >= 0.6 is 23.2 Å². The van der Waals surface area contributed by atoms with Crippen LogP contribution in [0, 0.1) is 5.82 Å². The molecule has 1 aromatic carbocycles. The molecule has 114 valence electrons. The Morgan fingerprint density at radius 1 is 1.43 bits per heavy atom. The van der Waals surface area contributed by atoms with Gasteiger partial charge in [0, 0.05) is 45.4 Å². The second kappa shape index (κ2) is 6.62. The normalized spacial score (nSPS) is 11.1. The van der Waals surface area contributed by atoms with Gasteiger partial charge in [-0.3, -0.25) is 4.79 Å². The van der Waals surface area contributed by atoms with E-state index in [1.807, 2.05) is 4.57 Å². The number of nitrogens with zero attached hydrogens (tertiary/aromatic N) is 3. The van der Waals surface area contributed by atoms with Crippen LogP contribution in [0.25, 0.3) is 11.0 Å². The molecule has 0 spiro atoms. The van der Waals surface area contributed by atoms with Gasteiger partial charge < -0.3 is 9.47 Å². The molecular weight excluding hydrogens is 316 g/mol. The first-order valence-electron chi connectivity index (χ1n) is 6.54.